The SMILES string of the molecule is c1ccc(-c2ccc3c4ccc(-c5ccccc5)cc4n(-c4cc(-c5ccccc5)c5oc6cccc(-c7nc(-c8ccccc8)nc(-c8ccccc8)n7)c6c5c4)c3c2)cc1. The van der Waals surface area contributed by atoms with Gasteiger partial charge in [-0.2, -0.15) is 0 Å². The van der Waals surface area contributed by atoms with E-state index >= 15 is 0 Å². The van der Waals surface area contributed by atoms with Gasteiger partial charge in [0.15, 0.2) is 17.5 Å². The lowest BCUT2D eigenvalue weighted by Gasteiger charge is -2.13. The van der Waals surface area contributed by atoms with Crippen molar-refractivity contribution >= 4 is 43.7 Å². The van der Waals surface area contributed by atoms with Gasteiger partial charge >= 0.3 is 0 Å². The maximum absolute atomic E-state index is 6.95. The molecule has 0 unspecified atom stereocenters. The lowest BCUT2D eigenvalue weighted by molar-refractivity contribution is 0.670. The van der Waals surface area contributed by atoms with Crippen LogP contribution in [-0.2, 0) is 0 Å². The van der Waals surface area contributed by atoms with E-state index in [-0.39, 0.29) is 0 Å². The van der Waals surface area contributed by atoms with Crippen molar-refractivity contribution in [2.75, 3.05) is 0 Å². The molecule has 12 rings (SSSR count). The maximum Gasteiger partial charge on any atom is 0.164 e. The predicted octanol–water partition coefficient (Wildman–Crippen LogP) is 14.9. The summed E-state index contributed by atoms with van der Waals surface area (Å²) in [5.74, 6) is 1.80. The summed E-state index contributed by atoms with van der Waals surface area (Å²) in [4.78, 5) is 15.4. The molecule has 5 nitrogen and oxygen atoms in total. The van der Waals surface area contributed by atoms with Crippen LogP contribution < -0.4 is 0 Å². The molecule has 0 aliphatic heterocycles. The maximum atomic E-state index is 6.95. The van der Waals surface area contributed by atoms with Crippen molar-refractivity contribution in [2.24, 2.45) is 0 Å². The van der Waals surface area contributed by atoms with Crippen LogP contribution in [0.4, 0.5) is 0 Å². The summed E-state index contributed by atoms with van der Waals surface area (Å²) in [5.41, 5.74) is 14.3. The molecule has 0 fully saturated rings. The summed E-state index contributed by atoms with van der Waals surface area (Å²) in [5, 5.41) is 4.29. The van der Waals surface area contributed by atoms with Crippen LogP contribution in [0.3, 0.4) is 0 Å². The van der Waals surface area contributed by atoms with Crippen LogP contribution in [0.15, 0.2) is 223 Å². The third-order valence-corrected chi connectivity index (χ3v) is 11.8. The minimum atomic E-state index is 0.578. The number of hydrogen-bond donors (Lipinski definition) is 0. The van der Waals surface area contributed by atoms with Crippen molar-refractivity contribution in [3.63, 3.8) is 0 Å². The van der Waals surface area contributed by atoms with Crippen LogP contribution in [-0.4, -0.2) is 19.5 Å². The van der Waals surface area contributed by atoms with Gasteiger partial charge in [0.25, 0.3) is 0 Å². The van der Waals surface area contributed by atoms with E-state index in [0.29, 0.717) is 17.5 Å². The fourth-order valence-electron chi connectivity index (χ4n) is 8.91. The van der Waals surface area contributed by atoms with Crippen LogP contribution in [0.1, 0.15) is 0 Å². The minimum Gasteiger partial charge on any atom is -0.455 e. The Kier molecular flexibility index (Phi) is 8.42. The molecule has 0 bridgehead atoms. The molecule has 62 heavy (non-hydrogen) atoms. The molecule has 0 aliphatic rings. The van der Waals surface area contributed by atoms with Gasteiger partial charge in [0.1, 0.15) is 11.2 Å². The second-order valence-corrected chi connectivity index (χ2v) is 15.6. The number of nitrogens with zero attached hydrogens (tertiary/aromatic N) is 4. The topological polar surface area (TPSA) is 56.7 Å². The fourth-order valence-corrected chi connectivity index (χ4v) is 8.91. The Morgan fingerprint density at radius 1 is 0.323 bits per heavy atom. The third kappa shape index (κ3) is 6.06. The molecule has 5 heteroatoms. The zero-order valence-electron chi connectivity index (χ0n) is 33.5. The van der Waals surface area contributed by atoms with Crippen LogP contribution in [0.2, 0.25) is 0 Å². The van der Waals surface area contributed by atoms with Crippen molar-refractivity contribution in [3.8, 4) is 73.2 Å². The molecule has 0 saturated carbocycles. The number of aromatic nitrogens is 4. The molecule has 0 aliphatic carbocycles. The summed E-state index contributed by atoms with van der Waals surface area (Å²) < 4.78 is 9.38. The zero-order chi connectivity index (χ0) is 41.0. The van der Waals surface area contributed by atoms with Crippen molar-refractivity contribution in [1.29, 1.82) is 0 Å². The zero-order valence-corrected chi connectivity index (χ0v) is 33.5. The largest absolute Gasteiger partial charge is 0.455 e. The van der Waals surface area contributed by atoms with Crippen molar-refractivity contribution in [2.45, 2.75) is 0 Å². The summed E-state index contributed by atoms with van der Waals surface area (Å²) in [7, 11) is 0. The Balaban J connectivity index is 1.17. The van der Waals surface area contributed by atoms with Gasteiger partial charge in [-0.15, -0.1) is 0 Å². The second-order valence-electron chi connectivity index (χ2n) is 15.6. The second kappa shape index (κ2) is 14.7. The predicted molar refractivity (Wildman–Crippen MR) is 254 cm³/mol. The number of benzene rings is 9. The molecule has 290 valence electrons. The van der Waals surface area contributed by atoms with Crippen LogP contribution in [0.5, 0.6) is 0 Å². The first-order valence-corrected chi connectivity index (χ1v) is 20.8. The van der Waals surface area contributed by atoms with E-state index < -0.39 is 0 Å². The van der Waals surface area contributed by atoms with Gasteiger partial charge in [-0.1, -0.05) is 188 Å². The number of furan rings is 1. The first-order chi connectivity index (χ1) is 30.7. The molecule has 3 aromatic heterocycles. The summed E-state index contributed by atoms with van der Waals surface area (Å²) >= 11 is 0. The average molecular weight is 793 g/mol. The molecule has 0 saturated heterocycles. The molecule has 0 radical (unpaired) electrons. The van der Waals surface area contributed by atoms with Gasteiger partial charge in [-0.05, 0) is 58.1 Å². The molecule has 3 heterocycles. The Morgan fingerprint density at radius 2 is 0.790 bits per heavy atom. The smallest absolute Gasteiger partial charge is 0.164 e. The van der Waals surface area contributed by atoms with E-state index in [1.54, 1.807) is 0 Å². The van der Waals surface area contributed by atoms with E-state index in [9.17, 15) is 0 Å². The molecule has 0 N–H and O–H groups in total. The molecule has 0 spiro atoms. The van der Waals surface area contributed by atoms with Crippen LogP contribution in [0.25, 0.3) is 117 Å². The standard InChI is InChI=1S/C57H36N4O/c1-6-17-37(18-7-1)42-29-31-45-46-32-30-43(38-19-8-2-9-20-38)34-51(46)61(50(45)33-42)44-35-48(39-21-10-3-11-22-39)54-49(36-44)53-47(27-16-28-52(53)62-54)57-59-55(40-23-12-4-13-24-40)58-56(60-57)41-25-14-5-15-26-41/h1-36H. The first-order valence-electron chi connectivity index (χ1n) is 20.8. The Labute approximate surface area is 357 Å². The normalized spacial score (nSPS) is 11.5. The van der Waals surface area contributed by atoms with E-state index in [4.69, 9.17) is 19.4 Å². The average Bonchev–Trinajstić information content (AvgIpc) is 3.90. The third-order valence-electron chi connectivity index (χ3n) is 11.8. The Hall–Kier alpha value is -8.41. The van der Waals surface area contributed by atoms with Gasteiger partial charge in [0, 0.05) is 49.5 Å². The molecular weight excluding hydrogens is 757 g/mol. The lowest BCUT2D eigenvalue weighted by Crippen LogP contribution is -2.00. The van der Waals surface area contributed by atoms with Gasteiger partial charge < -0.3 is 8.98 Å². The quantitative estimate of drug-likeness (QED) is 0.161. The highest BCUT2D eigenvalue weighted by atomic mass is 16.3. The van der Waals surface area contributed by atoms with Gasteiger partial charge in [0.05, 0.1) is 11.0 Å². The highest BCUT2D eigenvalue weighted by Gasteiger charge is 2.23. The van der Waals surface area contributed by atoms with Gasteiger partial charge in [-0.25, -0.2) is 15.0 Å². The summed E-state index contributed by atoms with van der Waals surface area (Å²) in [6.07, 6.45) is 0. The molecule has 0 amide bonds. The summed E-state index contributed by atoms with van der Waals surface area (Å²) in [6.45, 7) is 0. The fraction of sp³-hybridized carbons (Fsp3) is 0. The summed E-state index contributed by atoms with van der Waals surface area (Å²) in [6, 6.07) is 76.4. The first kappa shape index (κ1) is 35.5. The minimum absolute atomic E-state index is 0.578. The van der Waals surface area contributed by atoms with Crippen molar-refractivity contribution in [3.05, 3.63) is 218 Å². The number of hydrogen-bond acceptors (Lipinski definition) is 4. The molecule has 0 atom stereocenters. The molecule has 12 aromatic rings. The highest BCUT2D eigenvalue weighted by molar-refractivity contribution is 6.17. The molecule has 9 aromatic carbocycles. The van der Waals surface area contributed by atoms with E-state index in [0.717, 1.165) is 77.6 Å². The van der Waals surface area contributed by atoms with Crippen molar-refractivity contribution < 1.29 is 4.42 Å². The number of rotatable bonds is 7. The van der Waals surface area contributed by atoms with Gasteiger partial charge in [-0.3, -0.25) is 0 Å². The van der Waals surface area contributed by atoms with E-state index in [1.807, 2.05) is 72.8 Å². The lowest BCUT2D eigenvalue weighted by atomic mass is 9.99. The Bertz CT molecular complexity index is 3450. The monoisotopic (exact) mass is 792 g/mol. The van der Waals surface area contributed by atoms with Gasteiger partial charge in [0.2, 0.25) is 0 Å². The van der Waals surface area contributed by atoms with Crippen LogP contribution in [0, 0.1) is 0 Å². The van der Waals surface area contributed by atoms with Crippen LogP contribution >= 0.6 is 0 Å². The van der Waals surface area contributed by atoms with Crippen molar-refractivity contribution in [1.82, 2.24) is 19.5 Å². The highest BCUT2D eigenvalue weighted by Crippen LogP contribution is 2.44. The number of fused-ring (bicyclic) bond motifs is 6. The molecular formula is C57H36N4O. The van der Waals surface area contributed by atoms with E-state index in [2.05, 4.69) is 150 Å². The Morgan fingerprint density at radius 3 is 1.31 bits per heavy atom. The van der Waals surface area contributed by atoms with E-state index in [1.165, 1.54) is 21.9 Å².